The molecule has 0 spiro atoms. The molecule has 0 saturated heterocycles. The Balaban J connectivity index is 1.96. The maximum Gasteiger partial charge on any atom is 0.269 e. The number of pyridine rings is 1. The van der Waals surface area contributed by atoms with Gasteiger partial charge in [-0.25, -0.2) is 14.5 Å². The van der Waals surface area contributed by atoms with E-state index in [0.29, 0.717) is 33.8 Å². The average Bonchev–Trinajstić information content (AvgIpc) is 3.30. The molecule has 0 unspecified atom stereocenters. The lowest BCUT2D eigenvalue weighted by Crippen LogP contribution is -2.21. The number of aromatic nitrogens is 8. The molecule has 0 aliphatic rings. The van der Waals surface area contributed by atoms with Crippen molar-refractivity contribution in [1.29, 1.82) is 0 Å². The number of H-pyrrole nitrogens is 1. The summed E-state index contributed by atoms with van der Waals surface area (Å²) in [6.45, 7) is 1.74. The van der Waals surface area contributed by atoms with Crippen molar-refractivity contribution in [3.05, 3.63) is 64.9 Å². The van der Waals surface area contributed by atoms with E-state index in [1.807, 2.05) is 0 Å². The molecule has 0 aliphatic heterocycles. The highest BCUT2D eigenvalue weighted by molar-refractivity contribution is 5.93. The van der Waals surface area contributed by atoms with E-state index < -0.39 is 0 Å². The first-order valence-corrected chi connectivity index (χ1v) is 8.02. The molecular formula is C17H11FN8O. The highest BCUT2D eigenvalue weighted by atomic mass is 19.1. The summed E-state index contributed by atoms with van der Waals surface area (Å²) < 4.78 is 16.3. The number of rotatable bonds is 2. The molecule has 0 saturated carbocycles. The van der Waals surface area contributed by atoms with Crippen LogP contribution in [0.1, 0.15) is 5.82 Å². The van der Waals surface area contributed by atoms with Crippen LogP contribution >= 0.6 is 0 Å². The van der Waals surface area contributed by atoms with Crippen LogP contribution in [0, 0.1) is 12.7 Å². The molecule has 4 heterocycles. The van der Waals surface area contributed by atoms with E-state index in [0.717, 1.165) is 0 Å². The van der Waals surface area contributed by atoms with Crippen LogP contribution in [0.25, 0.3) is 33.9 Å². The second-order valence-corrected chi connectivity index (χ2v) is 5.90. The first kappa shape index (κ1) is 15.3. The highest BCUT2D eigenvalue weighted by Gasteiger charge is 2.19. The minimum Gasteiger partial charge on any atom is -0.268 e. The molecule has 1 N–H and O–H groups in total. The second-order valence-electron chi connectivity index (χ2n) is 5.90. The topological polar surface area (TPSA) is 107 Å². The fourth-order valence-corrected chi connectivity index (χ4v) is 3.04. The summed E-state index contributed by atoms with van der Waals surface area (Å²) in [5.41, 5.74) is 1.20. The fraction of sp³-hybridized carbons (Fsp3) is 0.0588. The van der Waals surface area contributed by atoms with Crippen molar-refractivity contribution < 1.29 is 4.39 Å². The van der Waals surface area contributed by atoms with Gasteiger partial charge in [0.05, 0.1) is 16.6 Å². The molecule has 5 aromatic rings. The van der Waals surface area contributed by atoms with Gasteiger partial charge in [0.25, 0.3) is 11.3 Å². The number of fused-ring (bicyclic) bond motifs is 2. The van der Waals surface area contributed by atoms with Crippen molar-refractivity contribution in [2.45, 2.75) is 6.92 Å². The Morgan fingerprint density at radius 2 is 1.93 bits per heavy atom. The number of aromatic amines is 1. The summed E-state index contributed by atoms with van der Waals surface area (Å²) in [5, 5.41) is 11.1. The van der Waals surface area contributed by atoms with E-state index >= 15 is 0 Å². The lowest BCUT2D eigenvalue weighted by atomic mass is 10.1. The predicted octanol–water partition coefficient (Wildman–Crippen LogP) is 1.66. The van der Waals surface area contributed by atoms with Gasteiger partial charge in [0, 0.05) is 11.8 Å². The van der Waals surface area contributed by atoms with Crippen LogP contribution in [-0.4, -0.2) is 39.3 Å². The number of hydrogen-bond acceptors (Lipinski definition) is 6. The number of halogens is 1. The van der Waals surface area contributed by atoms with Crippen LogP contribution < -0.4 is 5.56 Å². The van der Waals surface area contributed by atoms with E-state index in [-0.39, 0.29) is 17.3 Å². The average molecular weight is 362 g/mol. The Kier molecular flexibility index (Phi) is 3.13. The zero-order valence-corrected chi connectivity index (χ0v) is 14.0. The maximum absolute atomic E-state index is 13.4. The third-order valence-electron chi connectivity index (χ3n) is 4.18. The standard InChI is InChI=1S/C17H11FN8O/c1-9-21-17-22-12-6-7-25(16-19-8-20-23-16)15(27)13(12)14(26(17)24-9)10-2-4-11(18)5-3-10/h2-8H,1H3,(H,19,20,23). The van der Waals surface area contributed by atoms with Gasteiger partial charge in [0.2, 0.25) is 5.95 Å². The maximum atomic E-state index is 13.4. The Hall–Kier alpha value is -3.95. The van der Waals surface area contributed by atoms with Gasteiger partial charge in [-0.1, -0.05) is 0 Å². The smallest absolute Gasteiger partial charge is 0.268 e. The minimum atomic E-state index is -0.373. The summed E-state index contributed by atoms with van der Waals surface area (Å²) in [4.78, 5) is 26.0. The molecule has 10 heteroatoms. The van der Waals surface area contributed by atoms with Crippen molar-refractivity contribution in [1.82, 2.24) is 39.3 Å². The van der Waals surface area contributed by atoms with Crippen LogP contribution in [0.5, 0.6) is 0 Å². The van der Waals surface area contributed by atoms with Crippen LogP contribution in [0.15, 0.2) is 47.7 Å². The van der Waals surface area contributed by atoms with E-state index in [1.165, 1.54) is 27.5 Å². The third kappa shape index (κ3) is 2.30. The van der Waals surface area contributed by atoms with E-state index in [2.05, 4.69) is 30.2 Å². The van der Waals surface area contributed by atoms with Crippen LogP contribution in [0.4, 0.5) is 4.39 Å². The molecule has 4 aromatic heterocycles. The van der Waals surface area contributed by atoms with Gasteiger partial charge in [0.15, 0.2) is 0 Å². The molecular weight excluding hydrogens is 351 g/mol. The molecule has 132 valence electrons. The SMILES string of the molecule is Cc1nc2nc3ccn(-c4ncn[nH]4)c(=O)c3c(-c3ccc(F)cc3)n2n1. The van der Waals surface area contributed by atoms with Gasteiger partial charge in [-0.3, -0.25) is 9.36 Å². The quantitative estimate of drug-likeness (QED) is 0.512. The summed E-state index contributed by atoms with van der Waals surface area (Å²) in [6.07, 6.45) is 2.88. The van der Waals surface area contributed by atoms with Gasteiger partial charge in [-0.05, 0) is 37.3 Å². The Labute approximate surface area is 150 Å². The van der Waals surface area contributed by atoms with E-state index in [4.69, 9.17) is 0 Å². The first-order valence-electron chi connectivity index (χ1n) is 8.02. The molecule has 0 atom stereocenters. The Bertz CT molecular complexity index is 1350. The second kappa shape index (κ2) is 5.53. The molecule has 0 aliphatic carbocycles. The van der Waals surface area contributed by atoms with E-state index in [1.54, 1.807) is 31.3 Å². The largest absolute Gasteiger partial charge is 0.269 e. The van der Waals surface area contributed by atoms with Gasteiger partial charge in [-0.2, -0.15) is 19.6 Å². The summed E-state index contributed by atoms with van der Waals surface area (Å²) >= 11 is 0. The van der Waals surface area contributed by atoms with Crippen molar-refractivity contribution in [3.63, 3.8) is 0 Å². The van der Waals surface area contributed by atoms with Gasteiger partial charge in [0.1, 0.15) is 18.0 Å². The lowest BCUT2D eigenvalue weighted by Gasteiger charge is -2.10. The molecule has 0 bridgehead atoms. The summed E-state index contributed by atoms with van der Waals surface area (Å²) in [5.74, 6) is 0.775. The monoisotopic (exact) mass is 362 g/mol. The zero-order valence-electron chi connectivity index (χ0n) is 14.0. The molecule has 0 radical (unpaired) electrons. The fourth-order valence-electron chi connectivity index (χ4n) is 3.04. The van der Waals surface area contributed by atoms with Crippen LogP contribution in [-0.2, 0) is 0 Å². The van der Waals surface area contributed by atoms with Crippen molar-refractivity contribution in [3.8, 4) is 17.2 Å². The Morgan fingerprint density at radius 3 is 2.67 bits per heavy atom. The third-order valence-corrected chi connectivity index (χ3v) is 4.18. The molecule has 0 fully saturated rings. The van der Waals surface area contributed by atoms with Crippen LogP contribution in [0.2, 0.25) is 0 Å². The van der Waals surface area contributed by atoms with Crippen molar-refractivity contribution >= 4 is 16.7 Å². The van der Waals surface area contributed by atoms with Gasteiger partial charge >= 0.3 is 0 Å². The molecule has 0 amide bonds. The van der Waals surface area contributed by atoms with E-state index in [9.17, 15) is 9.18 Å². The molecule has 5 rings (SSSR count). The molecule has 1 aromatic carbocycles. The number of nitrogens with one attached hydrogen (secondary N) is 1. The number of aryl methyl sites for hydroxylation is 1. The molecule has 27 heavy (non-hydrogen) atoms. The zero-order chi connectivity index (χ0) is 18.5. The minimum absolute atomic E-state index is 0.279. The van der Waals surface area contributed by atoms with Gasteiger partial charge in [-0.15, -0.1) is 5.10 Å². The lowest BCUT2D eigenvalue weighted by molar-refractivity contribution is 0.628. The van der Waals surface area contributed by atoms with Crippen molar-refractivity contribution in [2.24, 2.45) is 0 Å². The predicted molar refractivity (Wildman–Crippen MR) is 94.0 cm³/mol. The Morgan fingerprint density at radius 1 is 1.11 bits per heavy atom. The van der Waals surface area contributed by atoms with Gasteiger partial charge < -0.3 is 0 Å². The number of benzene rings is 1. The molecule has 9 nitrogen and oxygen atoms in total. The summed E-state index contributed by atoms with van der Waals surface area (Å²) in [7, 11) is 0. The summed E-state index contributed by atoms with van der Waals surface area (Å²) in [6, 6.07) is 7.53. The number of hydrogen-bond donors (Lipinski definition) is 1. The van der Waals surface area contributed by atoms with Crippen molar-refractivity contribution in [2.75, 3.05) is 0 Å². The normalized spacial score (nSPS) is 11.5. The first-order chi connectivity index (χ1) is 13.1. The van der Waals surface area contributed by atoms with Crippen LogP contribution in [0.3, 0.4) is 0 Å². The number of nitrogens with zero attached hydrogens (tertiary/aromatic N) is 7. The highest BCUT2D eigenvalue weighted by Crippen LogP contribution is 2.26.